The highest BCUT2D eigenvalue weighted by molar-refractivity contribution is 7.23. The van der Waals surface area contributed by atoms with E-state index in [4.69, 9.17) is 4.74 Å². The highest BCUT2D eigenvalue weighted by Crippen LogP contribution is 2.34. The first-order valence-corrected chi connectivity index (χ1v) is 12.5. The molecule has 182 valence electrons. The lowest BCUT2D eigenvalue weighted by molar-refractivity contribution is 0.0688. The van der Waals surface area contributed by atoms with Crippen LogP contribution in [0, 0.1) is 0 Å². The van der Waals surface area contributed by atoms with Crippen LogP contribution in [0.15, 0.2) is 42.5 Å². The average molecular weight is 494 g/mol. The Labute approximate surface area is 206 Å². The quantitative estimate of drug-likeness (QED) is 0.307. The number of carboxylic acids is 1. The zero-order valence-electron chi connectivity index (χ0n) is 19.3. The second-order valence-corrected chi connectivity index (χ2v) is 9.49. The van der Waals surface area contributed by atoms with Gasteiger partial charge in [0.1, 0.15) is 11.5 Å². The molecule has 5 rings (SSSR count). The first-order chi connectivity index (χ1) is 17.0. The number of thiazole rings is 1. The Hall–Kier alpha value is -3.63. The third kappa shape index (κ3) is 4.80. The van der Waals surface area contributed by atoms with Gasteiger partial charge >= 0.3 is 12.0 Å². The van der Waals surface area contributed by atoms with Gasteiger partial charge in [0.25, 0.3) is 0 Å². The number of ether oxygens (including phenoxy) is 1. The summed E-state index contributed by atoms with van der Waals surface area (Å²) in [6.07, 6.45) is 2.41. The zero-order valence-corrected chi connectivity index (χ0v) is 20.2. The summed E-state index contributed by atoms with van der Waals surface area (Å²) in [6, 6.07) is 13.1. The fraction of sp³-hybridized carbons (Fsp3) is 0.320. The number of aromatic carboxylic acids is 1. The van der Waals surface area contributed by atoms with Crippen LogP contribution in [0.2, 0.25) is 0 Å². The van der Waals surface area contributed by atoms with Crippen molar-refractivity contribution in [2.75, 3.05) is 13.1 Å². The van der Waals surface area contributed by atoms with Crippen LogP contribution >= 0.6 is 11.3 Å². The molecule has 0 radical (unpaired) electrons. The summed E-state index contributed by atoms with van der Waals surface area (Å²) in [7, 11) is 0. The lowest BCUT2D eigenvalue weighted by Gasteiger charge is -2.23. The van der Waals surface area contributed by atoms with Gasteiger partial charge in [0.15, 0.2) is 10.7 Å². The van der Waals surface area contributed by atoms with E-state index in [-0.39, 0.29) is 17.8 Å². The Morgan fingerprint density at radius 3 is 2.80 bits per heavy atom. The number of fused-ring (bicyclic) bond motifs is 3. The van der Waals surface area contributed by atoms with Crippen molar-refractivity contribution in [1.29, 1.82) is 0 Å². The van der Waals surface area contributed by atoms with E-state index >= 15 is 0 Å². The number of hydrogen-bond acceptors (Lipinski definition) is 6. The van der Waals surface area contributed by atoms with Crippen LogP contribution in [0.25, 0.3) is 15.2 Å². The first-order valence-electron chi connectivity index (χ1n) is 11.7. The van der Waals surface area contributed by atoms with E-state index in [0.29, 0.717) is 35.1 Å². The molecule has 10 heteroatoms. The third-order valence-corrected chi connectivity index (χ3v) is 7.15. The van der Waals surface area contributed by atoms with Gasteiger partial charge < -0.3 is 25.8 Å². The number of imidazole rings is 1. The monoisotopic (exact) mass is 493 g/mol. The number of carbonyl (C=O) groups excluding carboxylic acids is 1. The van der Waals surface area contributed by atoms with Gasteiger partial charge in [-0.05, 0) is 50.6 Å². The van der Waals surface area contributed by atoms with Gasteiger partial charge in [0.2, 0.25) is 0 Å². The van der Waals surface area contributed by atoms with Crippen molar-refractivity contribution in [3.05, 3.63) is 59.4 Å². The number of nitrogens with one attached hydrogen (secondary N) is 3. The number of hydrogen-bond donors (Lipinski definition) is 4. The minimum Gasteiger partial charge on any atom is -0.477 e. The van der Waals surface area contributed by atoms with Gasteiger partial charge in [-0.25, -0.2) is 14.6 Å². The molecule has 2 aromatic heterocycles. The highest BCUT2D eigenvalue weighted by Gasteiger charge is 2.21. The van der Waals surface area contributed by atoms with Crippen molar-refractivity contribution >= 4 is 38.5 Å². The van der Waals surface area contributed by atoms with Crippen molar-refractivity contribution in [2.45, 2.75) is 38.8 Å². The molecule has 1 aliphatic heterocycles. The number of carbonyl (C=O) groups is 2. The van der Waals surface area contributed by atoms with Crippen LogP contribution in [0.3, 0.4) is 0 Å². The largest absolute Gasteiger partial charge is 0.477 e. The van der Waals surface area contributed by atoms with Crippen LogP contribution in [0.1, 0.15) is 41.5 Å². The standard InChI is InChI=1S/C25H27N5O4S/c1-2-18-22(23(31)32)30-19-8-7-17(13-21(19)35-25(30)29-18)34-20-6-4-3-5-15(20)14-27-24(33)28-16-9-11-26-12-10-16/h3-8,13,16,26H,2,9-12,14H2,1H3,(H,31,32)(H2,27,28,33). The maximum atomic E-state index is 12.3. The van der Waals surface area contributed by atoms with Gasteiger partial charge in [0, 0.05) is 24.2 Å². The van der Waals surface area contributed by atoms with E-state index in [2.05, 4.69) is 20.9 Å². The maximum Gasteiger partial charge on any atom is 0.354 e. The van der Waals surface area contributed by atoms with Crippen LogP contribution in [0.4, 0.5) is 4.79 Å². The number of amides is 2. The van der Waals surface area contributed by atoms with E-state index in [1.54, 1.807) is 4.40 Å². The molecule has 1 saturated heterocycles. The number of urea groups is 1. The average Bonchev–Trinajstić information content (AvgIpc) is 3.39. The molecular weight excluding hydrogens is 466 g/mol. The second-order valence-electron chi connectivity index (χ2n) is 8.48. The number of carboxylic acid groups (broad SMARTS) is 1. The van der Waals surface area contributed by atoms with Crippen LogP contribution in [-0.4, -0.2) is 45.6 Å². The van der Waals surface area contributed by atoms with E-state index in [1.807, 2.05) is 49.4 Å². The first kappa shape index (κ1) is 23.1. The number of nitrogens with zero attached hydrogens (tertiary/aromatic N) is 2. The summed E-state index contributed by atoms with van der Waals surface area (Å²) >= 11 is 1.43. The molecule has 0 unspecified atom stereocenters. The van der Waals surface area contributed by atoms with Crippen LogP contribution in [0.5, 0.6) is 11.5 Å². The second kappa shape index (κ2) is 9.93. The molecule has 35 heavy (non-hydrogen) atoms. The molecular formula is C25H27N5O4S. The minimum atomic E-state index is -0.986. The van der Waals surface area contributed by atoms with Crippen LogP contribution in [-0.2, 0) is 13.0 Å². The van der Waals surface area contributed by atoms with Crippen molar-refractivity contribution in [1.82, 2.24) is 25.3 Å². The summed E-state index contributed by atoms with van der Waals surface area (Å²) in [5.74, 6) is 0.288. The van der Waals surface area contributed by atoms with E-state index in [1.165, 1.54) is 11.3 Å². The Bertz CT molecular complexity index is 1390. The molecule has 9 nitrogen and oxygen atoms in total. The third-order valence-electron chi connectivity index (χ3n) is 6.14. The topological polar surface area (TPSA) is 117 Å². The minimum absolute atomic E-state index is 0.185. The number of aryl methyl sites for hydroxylation is 1. The SMILES string of the molecule is CCc1nc2sc3cc(Oc4ccccc4CNC(=O)NC4CCNCC4)ccc3n2c1C(=O)O. The Morgan fingerprint density at radius 1 is 1.23 bits per heavy atom. The smallest absolute Gasteiger partial charge is 0.354 e. The normalized spacial score (nSPS) is 14.3. The molecule has 2 amide bonds. The molecule has 4 aromatic rings. The maximum absolute atomic E-state index is 12.3. The van der Waals surface area contributed by atoms with Gasteiger partial charge in [-0.2, -0.15) is 0 Å². The molecule has 1 aliphatic rings. The van der Waals surface area contributed by atoms with E-state index in [0.717, 1.165) is 41.7 Å². The highest BCUT2D eigenvalue weighted by atomic mass is 32.1. The van der Waals surface area contributed by atoms with E-state index in [9.17, 15) is 14.7 Å². The van der Waals surface area contributed by atoms with Gasteiger partial charge in [-0.3, -0.25) is 4.40 Å². The Morgan fingerprint density at radius 2 is 2.03 bits per heavy atom. The van der Waals surface area contributed by atoms with Crippen molar-refractivity contribution in [3.63, 3.8) is 0 Å². The van der Waals surface area contributed by atoms with Crippen molar-refractivity contribution in [2.24, 2.45) is 0 Å². The number of rotatable bonds is 7. The molecule has 1 fully saturated rings. The molecule has 0 spiro atoms. The number of aromatic nitrogens is 2. The predicted octanol–water partition coefficient (Wildman–Crippen LogP) is 4.15. The zero-order chi connectivity index (χ0) is 24.4. The Balaban J connectivity index is 1.33. The van der Waals surface area contributed by atoms with E-state index < -0.39 is 5.97 Å². The summed E-state index contributed by atoms with van der Waals surface area (Å²) in [5, 5.41) is 19.0. The van der Waals surface area contributed by atoms with Gasteiger partial charge in [-0.15, -0.1) is 0 Å². The lowest BCUT2D eigenvalue weighted by atomic mass is 10.1. The molecule has 4 N–H and O–H groups in total. The van der Waals surface area contributed by atoms with Crippen molar-refractivity contribution in [3.8, 4) is 11.5 Å². The summed E-state index contributed by atoms with van der Waals surface area (Å²) in [6.45, 7) is 4.07. The molecule has 0 atom stereocenters. The van der Waals surface area contributed by atoms with Gasteiger partial charge in [-0.1, -0.05) is 36.5 Å². The Kier molecular flexibility index (Phi) is 6.56. The summed E-state index contributed by atoms with van der Waals surface area (Å²) < 4.78 is 8.76. The lowest BCUT2D eigenvalue weighted by Crippen LogP contribution is -2.46. The molecule has 0 aliphatic carbocycles. The molecule has 2 aromatic carbocycles. The predicted molar refractivity (Wildman–Crippen MR) is 135 cm³/mol. The molecule has 3 heterocycles. The fourth-order valence-corrected chi connectivity index (χ4v) is 5.45. The number of para-hydroxylation sites is 1. The number of benzene rings is 2. The molecule has 0 bridgehead atoms. The number of piperidine rings is 1. The summed E-state index contributed by atoms with van der Waals surface area (Å²) in [4.78, 5) is 29.4. The fourth-order valence-electron chi connectivity index (χ4n) is 4.38. The summed E-state index contributed by atoms with van der Waals surface area (Å²) in [5.41, 5.74) is 2.43. The molecule has 0 saturated carbocycles. The van der Waals surface area contributed by atoms with Crippen LogP contribution < -0.4 is 20.7 Å². The van der Waals surface area contributed by atoms with Crippen molar-refractivity contribution < 1.29 is 19.4 Å². The van der Waals surface area contributed by atoms with Gasteiger partial charge in [0.05, 0.1) is 15.9 Å².